The maximum absolute atomic E-state index is 13.6. The number of alkyl halides is 3. The van der Waals surface area contributed by atoms with Crippen molar-refractivity contribution in [3.8, 4) is 5.69 Å². The molecule has 1 aliphatic heterocycles. The van der Waals surface area contributed by atoms with Gasteiger partial charge in [-0.15, -0.1) is 5.10 Å². The number of rotatable bonds is 4. The number of hydrogen-bond acceptors (Lipinski definition) is 6. The molecule has 0 bridgehead atoms. The van der Waals surface area contributed by atoms with Crippen LogP contribution in [0.4, 0.5) is 30.2 Å². The van der Waals surface area contributed by atoms with Gasteiger partial charge in [-0.05, 0) is 29.8 Å². The topological polar surface area (TPSA) is 95.6 Å². The normalized spacial score (nSPS) is 13.8. The lowest BCUT2D eigenvalue weighted by Gasteiger charge is -2.21. The van der Waals surface area contributed by atoms with Crippen LogP contribution in [0, 0.1) is 0 Å². The first-order chi connectivity index (χ1) is 15.2. The summed E-state index contributed by atoms with van der Waals surface area (Å²) in [7, 11) is 3.02. The molecule has 2 N–H and O–H groups in total. The summed E-state index contributed by atoms with van der Waals surface area (Å²) < 4.78 is 42.1. The number of aliphatic hydroxyl groups is 1. The minimum absolute atomic E-state index is 0.00192. The minimum Gasteiger partial charge on any atom is -0.390 e. The predicted molar refractivity (Wildman–Crippen MR) is 112 cm³/mol. The summed E-state index contributed by atoms with van der Waals surface area (Å²) in [6.07, 6.45) is -3.28. The van der Waals surface area contributed by atoms with Crippen molar-refractivity contribution in [1.82, 2.24) is 15.0 Å². The van der Waals surface area contributed by atoms with E-state index < -0.39 is 17.6 Å². The zero-order valence-corrected chi connectivity index (χ0v) is 17.2. The molecule has 2 heterocycles. The molecule has 166 valence electrons. The van der Waals surface area contributed by atoms with Crippen LogP contribution in [0.2, 0.25) is 0 Å². The Labute approximate surface area is 181 Å². The largest absolute Gasteiger partial charge is 0.418 e. The number of carbonyl (C=O) groups is 1. The molecule has 0 fully saturated rings. The number of aromatic nitrogens is 3. The number of nitrogens with one attached hydrogen (secondary N) is 1. The molecule has 1 aliphatic rings. The minimum atomic E-state index is -4.59. The highest BCUT2D eigenvalue weighted by atomic mass is 19.4. The van der Waals surface area contributed by atoms with Gasteiger partial charge in [-0.25, -0.2) is 4.68 Å². The van der Waals surface area contributed by atoms with Crippen LogP contribution in [-0.4, -0.2) is 45.8 Å². The lowest BCUT2D eigenvalue weighted by molar-refractivity contribution is -0.137. The van der Waals surface area contributed by atoms with E-state index in [9.17, 15) is 23.1 Å². The monoisotopic (exact) mass is 444 g/mol. The SMILES string of the molecule is CN(C)c1cc2c(cc1C(F)(F)F)NC(=O)CC(c1cccc(-n3nncc3CO)c1)=N2. The van der Waals surface area contributed by atoms with Crippen LogP contribution in [-0.2, 0) is 17.6 Å². The summed E-state index contributed by atoms with van der Waals surface area (Å²) in [6, 6.07) is 9.18. The first-order valence-corrected chi connectivity index (χ1v) is 9.58. The van der Waals surface area contributed by atoms with Crippen molar-refractivity contribution in [1.29, 1.82) is 0 Å². The summed E-state index contributed by atoms with van der Waals surface area (Å²) in [5, 5.41) is 19.7. The lowest BCUT2D eigenvalue weighted by atomic mass is 10.1. The van der Waals surface area contributed by atoms with Gasteiger partial charge in [0.1, 0.15) is 0 Å². The van der Waals surface area contributed by atoms with Crippen molar-refractivity contribution in [2.45, 2.75) is 19.2 Å². The first-order valence-electron chi connectivity index (χ1n) is 9.58. The number of nitrogens with zero attached hydrogens (tertiary/aromatic N) is 5. The Hall–Kier alpha value is -3.73. The highest BCUT2D eigenvalue weighted by Gasteiger charge is 2.36. The molecule has 2 aromatic carbocycles. The second-order valence-electron chi connectivity index (χ2n) is 7.41. The Balaban J connectivity index is 1.83. The van der Waals surface area contributed by atoms with Gasteiger partial charge in [0.05, 0.1) is 58.9 Å². The second kappa shape index (κ2) is 8.08. The van der Waals surface area contributed by atoms with Crippen molar-refractivity contribution < 1.29 is 23.1 Å². The molecule has 0 unspecified atom stereocenters. The maximum atomic E-state index is 13.6. The molecule has 0 saturated heterocycles. The summed E-state index contributed by atoms with van der Waals surface area (Å²) >= 11 is 0. The van der Waals surface area contributed by atoms with Gasteiger partial charge in [-0.3, -0.25) is 9.79 Å². The maximum Gasteiger partial charge on any atom is 0.418 e. The van der Waals surface area contributed by atoms with E-state index in [0.717, 1.165) is 6.07 Å². The zero-order valence-electron chi connectivity index (χ0n) is 17.2. The summed E-state index contributed by atoms with van der Waals surface area (Å²) in [5.41, 5.74) is 1.36. The molecule has 32 heavy (non-hydrogen) atoms. The number of aliphatic imine (C=N–C) groups is 1. The van der Waals surface area contributed by atoms with Crippen molar-refractivity contribution in [3.05, 3.63) is 59.4 Å². The van der Waals surface area contributed by atoms with E-state index in [1.54, 1.807) is 24.3 Å². The van der Waals surface area contributed by atoms with Crippen molar-refractivity contribution in [2.75, 3.05) is 24.3 Å². The Morgan fingerprint density at radius 2 is 2.00 bits per heavy atom. The third kappa shape index (κ3) is 4.06. The Morgan fingerprint density at radius 3 is 2.69 bits per heavy atom. The van der Waals surface area contributed by atoms with E-state index in [1.807, 2.05) is 0 Å². The molecule has 0 radical (unpaired) electrons. The number of anilines is 2. The molecule has 0 atom stereocenters. The number of fused-ring (bicyclic) bond motifs is 1. The van der Waals surface area contributed by atoms with Gasteiger partial charge in [0, 0.05) is 14.1 Å². The molecule has 4 rings (SSSR count). The number of hydrogen-bond donors (Lipinski definition) is 2. The van der Waals surface area contributed by atoms with E-state index in [4.69, 9.17) is 0 Å². The van der Waals surface area contributed by atoms with Crippen LogP contribution in [0.25, 0.3) is 5.69 Å². The average Bonchev–Trinajstić information content (AvgIpc) is 3.15. The summed E-state index contributed by atoms with van der Waals surface area (Å²) in [6.45, 7) is -0.261. The van der Waals surface area contributed by atoms with E-state index in [2.05, 4.69) is 20.6 Å². The van der Waals surface area contributed by atoms with Crippen LogP contribution in [0.3, 0.4) is 0 Å². The lowest BCUT2D eigenvalue weighted by Crippen LogP contribution is -2.18. The van der Waals surface area contributed by atoms with Crippen molar-refractivity contribution in [3.63, 3.8) is 0 Å². The quantitative estimate of drug-likeness (QED) is 0.644. The molecule has 11 heteroatoms. The Bertz CT molecular complexity index is 1220. The van der Waals surface area contributed by atoms with E-state index >= 15 is 0 Å². The Kier molecular flexibility index (Phi) is 5.43. The van der Waals surface area contributed by atoms with Crippen LogP contribution >= 0.6 is 0 Å². The molecular weight excluding hydrogens is 425 g/mol. The molecule has 1 amide bonds. The average molecular weight is 444 g/mol. The van der Waals surface area contributed by atoms with Crippen LogP contribution in [0.1, 0.15) is 23.2 Å². The highest BCUT2D eigenvalue weighted by Crippen LogP contribution is 2.42. The van der Waals surface area contributed by atoms with E-state index in [-0.39, 0.29) is 30.1 Å². The van der Waals surface area contributed by atoms with Crippen LogP contribution < -0.4 is 10.2 Å². The molecule has 0 saturated carbocycles. The predicted octanol–water partition coefficient (Wildman–Crippen LogP) is 3.31. The summed E-state index contributed by atoms with van der Waals surface area (Å²) in [5.74, 6) is -0.476. The number of aliphatic hydroxyl groups excluding tert-OH is 1. The van der Waals surface area contributed by atoms with Crippen LogP contribution in [0.5, 0.6) is 0 Å². The highest BCUT2D eigenvalue weighted by molar-refractivity contribution is 6.17. The fourth-order valence-corrected chi connectivity index (χ4v) is 3.46. The number of amides is 1. The molecule has 1 aromatic heterocycles. The Morgan fingerprint density at radius 1 is 1.22 bits per heavy atom. The fourth-order valence-electron chi connectivity index (χ4n) is 3.46. The molecular formula is C21H19F3N6O2. The van der Waals surface area contributed by atoms with Gasteiger partial charge >= 0.3 is 6.18 Å². The first kappa shape index (κ1) is 21.5. The third-order valence-corrected chi connectivity index (χ3v) is 4.96. The van der Waals surface area contributed by atoms with E-state index in [1.165, 1.54) is 35.9 Å². The summed E-state index contributed by atoms with van der Waals surface area (Å²) in [4.78, 5) is 18.4. The number of carbonyl (C=O) groups excluding carboxylic acids is 1. The van der Waals surface area contributed by atoms with Crippen molar-refractivity contribution in [2.24, 2.45) is 4.99 Å². The van der Waals surface area contributed by atoms with Crippen molar-refractivity contribution >= 4 is 28.7 Å². The molecule has 0 aliphatic carbocycles. The van der Waals surface area contributed by atoms with Gasteiger partial charge in [-0.1, -0.05) is 17.3 Å². The molecule has 8 nitrogen and oxygen atoms in total. The van der Waals surface area contributed by atoms with Crippen LogP contribution in [0.15, 0.2) is 47.6 Å². The van der Waals surface area contributed by atoms with Gasteiger partial charge in [0.15, 0.2) is 0 Å². The second-order valence-corrected chi connectivity index (χ2v) is 7.41. The standard InChI is InChI=1S/C21H19F3N6O2/c1-29(2)19-8-18-17(7-15(19)21(22,23)24)27-20(32)9-16(26-18)12-4-3-5-13(6-12)30-14(11-31)10-25-28-30/h3-8,10,31H,9,11H2,1-2H3,(H,27,32). The fraction of sp³-hybridized carbons (Fsp3) is 0.238. The smallest absolute Gasteiger partial charge is 0.390 e. The third-order valence-electron chi connectivity index (χ3n) is 4.96. The van der Waals surface area contributed by atoms with Gasteiger partial charge in [0.25, 0.3) is 0 Å². The molecule has 0 spiro atoms. The van der Waals surface area contributed by atoms with E-state index in [0.29, 0.717) is 22.7 Å². The number of halogens is 3. The van der Waals surface area contributed by atoms with Gasteiger partial charge < -0.3 is 15.3 Å². The molecule has 3 aromatic rings. The van der Waals surface area contributed by atoms with Gasteiger partial charge in [0.2, 0.25) is 5.91 Å². The number of benzene rings is 2. The van der Waals surface area contributed by atoms with Gasteiger partial charge in [-0.2, -0.15) is 13.2 Å². The zero-order chi connectivity index (χ0) is 23.0.